The number of hydrogen-bond acceptors (Lipinski definition) is 1. The first-order valence-corrected chi connectivity index (χ1v) is 4.83. The van der Waals surface area contributed by atoms with Gasteiger partial charge in [-0.3, -0.25) is 0 Å². The van der Waals surface area contributed by atoms with Gasteiger partial charge in [-0.05, 0) is 18.1 Å². The van der Waals surface area contributed by atoms with Gasteiger partial charge in [0.1, 0.15) is 0 Å². The molecule has 14 heavy (non-hydrogen) atoms. The Morgan fingerprint density at radius 1 is 1.43 bits per heavy atom. The molecule has 0 atom stereocenters. The summed E-state index contributed by atoms with van der Waals surface area (Å²) in [6.45, 7) is 8.14. The average molecular weight is 186 g/mol. The maximum atomic E-state index is 4.53. The first-order chi connectivity index (χ1) is 6.74. The summed E-state index contributed by atoms with van der Waals surface area (Å²) in [4.78, 5) is 0. The quantitative estimate of drug-likeness (QED) is 0.704. The summed E-state index contributed by atoms with van der Waals surface area (Å²) in [6, 6.07) is 6.07. The van der Waals surface area contributed by atoms with Gasteiger partial charge in [-0.2, -0.15) is 5.10 Å². The second kappa shape index (κ2) is 3.29. The monoisotopic (exact) mass is 186 g/mol. The average Bonchev–Trinajstić information content (AvgIpc) is 2.56. The second-order valence-electron chi connectivity index (χ2n) is 3.69. The predicted octanol–water partition coefficient (Wildman–Crippen LogP) is 3.10. The van der Waals surface area contributed by atoms with Gasteiger partial charge in [0.05, 0.1) is 11.2 Å². The SMILES string of the molecule is C=Cc1c(C(C)C)nn2ccccc12. The van der Waals surface area contributed by atoms with Crippen LogP contribution in [0.2, 0.25) is 0 Å². The Morgan fingerprint density at radius 3 is 2.86 bits per heavy atom. The molecular formula is C12H14N2. The van der Waals surface area contributed by atoms with Crippen molar-refractivity contribution in [3.8, 4) is 0 Å². The highest BCUT2D eigenvalue weighted by Crippen LogP contribution is 2.23. The van der Waals surface area contributed by atoms with E-state index in [0.717, 1.165) is 16.8 Å². The van der Waals surface area contributed by atoms with Crippen molar-refractivity contribution in [2.75, 3.05) is 0 Å². The van der Waals surface area contributed by atoms with Gasteiger partial charge in [0.2, 0.25) is 0 Å². The molecule has 0 unspecified atom stereocenters. The lowest BCUT2D eigenvalue weighted by molar-refractivity contribution is 0.787. The minimum Gasteiger partial charge on any atom is -0.240 e. The van der Waals surface area contributed by atoms with Gasteiger partial charge < -0.3 is 0 Å². The molecule has 0 radical (unpaired) electrons. The van der Waals surface area contributed by atoms with Crippen LogP contribution in [0.5, 0.6) is 0 Å². The van der Waals surface area contributed by atoms with E-state index in [1.165, 1.54) is 0 Å². The van der Waals surface area contributed by atoms with Crippen LogP contribution in [0.25, 0.3) is 11.6 Å². The fourth-order valence-corrected chi connectivity index (χ4v) is 1.67. The van der Waals surface area contributed by atoms with E-state index in [0.29, 0.717) is 5.92 Å². The Kier molecular flexibility index (Phi) is 2.12. The van der Waals surface area contributed by atoms with Crippen LogP contribution < -0.4 is 0 Å². The third-order valence-electron chi connectivity index (χ3n) is 2.36. The Labute approximate surface area is 83.9 Å². The normalized spacial score (nSPS) is 11.1. The zero-order chi connectivity index (χ0) is 10.1. The molecule has 0 aromatic carbocycles. The van der Waals surface area contributed by atoms with Crippen molar-refractivity contribution >= 4 is 11.6 Å². The number of hydrogen-bond donors (Lipinski definition) is 0. The molecule has 0 fully saturated rings. The van der Waals surface area contributed by atoms with Crippen LogP contribution in [0, 0.1) is 0 Å². The first kappa shape index (κ1) is 9.00. The van der Waals surface area contributed by atoms with Crippen molar-refractivity contribution in [3.63, 3.8) is 0 Å². The third kappa shape index (κ3) is 1.23. The minimum absolute atomic E-state index is 0.433. The van der Waals surface area contributed by atoms with Crippen LogP contribution in [0.4, 0.5) is 0 Å². The van der Waals surface area contributed by atoms with E-state index in [1.54, 1.807) is 0 Å². The molecule has 0 N–H and O–H groups in total. The standard InChI is InChI=1S/C12H14N2/c1-4-10-11-7-5-6-8-14(11)13-12(10)9(2)3/h4-9H,1H2,2-3H3. The second-order valence-corrected chi connectivity index (χ2v) is 3.69. The topological polar surface area (TPSA) is 17.3 Å². The van der Waals surface area contributed by atoms with Gasteiger partial charge in [-0.1, -0.05) is 32.6 Å². The van der Waals surface area contributed by atoms with E-state index >= 15 is 0 Å². The highest BCUT2D eigenvalue weighted by Gasteiger charge is 2.11. The minimum atomic E-state index is 0.433. The number of nitrogens with zero attached hydrogens (tertiary/aromatic N) is 2. The molecule has 2 aromatic heterocycles. The van der Waals surface area contributed by atoms with Crippen molar-refractivity contribution < 1.29 is 0 Å². The van der Waals surface area contributed by atoms with Crippen molar-refractivity contribution in [1.29, 1.82) is 0 Å². The van der Waals surface area contributed by atoms with Crippen molar-refractivity contribution in [2.45, 2.75) is 19.8 Å². The number of pyridine rings is 1. The Bertz CT molecular complexity index is 466. The fraction of sp³-hybridized carbons (Fsp3) is 0.250. The lowest BCUT2D eigenvalue weighted by Crippen LogP contribution is -1.91. The van der Waals surface area contributed by atoms with E-state index in [9.17, 15) is 0 Å². The lowest BCUT2D eigenvalue weighted by atomic mass is 10.1. The maximum Gasteiger partial charge on any atom is 0.0736 e. The van der Waals surface area contributed by atoms with Crippen molar-refractivity contribution in [1.82, 2.24) is 9.61 Å². The predicted molar refractivity (Wildman–Crippen MR) is 59.4 cm³/mol. The summed E-state index contributed by atoms with van der Waals surface area (Å²) in [7, 11) is 0. The number of aromatic nitrogens is 2. The molecule has 2 nitrogen and oxygen atoms in total. The summed E-state index contributed by atoms with van der Waals surface area (Å²) in [5.41, 5.74) is 3.40. The molecule has 0 saturated carbocycles. The molecule has 2 aromatic rings. The zero-order valence-electron chi connectivity index (χ0n) is 8.57. The molecular weight excluding hydrogens is 172 g/mol. The Morgan fingerprint density at radius 2 is 2.21 bits per heavy atom. The summed E-state index contributed by atoms with van der Waals surface area (Å²) < 4.78 is 1.91. The molecule has 0 aliphatic carbocycles. The van der Waals surface area contributed by atoms with Crippen molar-refractivity contribution in [2.24, 2.45) is 0 Å². The molecule has 0 bridgehead atoms. The summed E-state index contributed by atoms with van der Waals surface area (Å²) in [5, 5.41) is 4.53. The molecule has 0 spiro atoms. The molecule has 0 saturated heterocycles. The smallest absolute Gasteiger partial charge is 0.0736 e. The van der Waals surface area contributed by atoms with Gasteiger partial charge in [0, 0.05) is 11.8 Å². The third-order valence-corrected chi connectivity index (χ3v) is 2.36. The first-order valence-electron chi connectivity index (χ1n) is 4.83. The van der Waals surface area contributed by atoms with Crippen LogP contribution in [0.3, 0.4) is 0 Å². The van der Waals surface area contributed by atoms with Crippen LogP contribution >= 0.6 is 0 Å². The van der Waals surface area contributed by atoms with E-state index in [-0.39, 0.29) is 0 Å². The maximum absolute atomic E-state index is 4.53. The van der Waals surface area contributed by atoms with E-state index in [1.807, 2.05) is 28.9 Å². The van der Waals surface area contributed by atoms with E-state index in [4.69, 9.17) is 0 Å². The highest BCUT2D eigenvalue weighted by molar-refractivity contribution is 5.70. The molecule has 0 aliphatic heterocycles. The molecule has 0 aliphatic rings. The summed E-state index contributed by atoms with van der Waals surface area (Å²) >= 11 is 0. The van der Waals surface area contributed by atoms with Gasteiger partial charge in [0.15, 0.2) is 0 Å². The summed E-state index contributed by atoms with van der Waals surface area (Å²) in [6.07, 6.45) is 3.85. The molecule has 2 heterocycles. The van der Waals surface area contributed by atoms with Crippen molar-refractivity contribution in [3.05, 3.63) is 42.2 Å². The van der Waals surface area contributed by atoms with Crippen LogP contribution in [0.15, 0.2) is 31.0 Å². The Balaban J connectivity index is 2.78. The summed E-state index contributed by atoms with van der Waals surface area (Å²) in [5.74, 6) is 0.433. The lowest BCUT2D eigenvalue weighted by Gasteiger charge is -1.99. The molecule has 2 rings (SSSR count). The van der Waals surface area contributed by atoms with Gasteiger partial charge in [-0.15, -0.1) is 0 Å². The number of rotatable bonds is 2. The largest absolute Gasteiger partial charge is 0.240 e. The van der Waals surface area contributed by atoms with E-state index in [2.05, 4.69) is 31.6 Å². The molecule has 2 heteroatoms. The Hall–Kier alpha value is -1.57. The molecule has 0 amide bonds. The van der Waals surface area contributed by atoms with Gasteiger partial charge in [-0.25, -0.2) is 4.52 Å². The number of fused-ring (bicyclic) bond motifs is 1. The van der Waals surface area contributed by atoms with Crippen LogP contribution in [-0.2, 0) is 0 Å². The van der Waals surface area contributed by atoms with Crippen LogP contribution in [0.1, 0.15) is 31.0 Å². The fourth-order valence-electron chi connectivity index (χ4n) is 1.67. The highest BCUT2D eigenvalue weighted by atomic mass is 15.2. The van der Waals surface area contributed by atoms with Gasteiger partial charge in [0.25, 0.3) is 0 Å². The van der Waals surface area contributed by atoms with Crippen LogP contribution in [-0.4, -0.2) is 9.61 Å². The van der Waals surface area contributed by atoms with Gasteiger partial charge >= 0.3 is 0 Å². The van der Waals surface area contributed by atoms with E-state index < -0.39 is 0 Å². The molecule has 72 valence electrons. The zero-order valence-corrected chi connectivity index (χ0v) is 8.57.